The lowest BCUT2D eigenvalue weighted by molar-refractivity contribution is -0.116. The minimum absolute atomic E-state index is 0.134. The third-order valence-corrected chi connectivity index (χ3v) is 6.08. The molecule has 2 N–H and O–H groups in total. The topological polar surface area (TPSA) is 88.9 Å². The van der Waals surface area contributed by atoms with Crippen LogP contribution in [0.25, 0.3) is 10.6 Å². The molecule has 0 radical (unpaired) electrons. The van der Waals surface area contributed by atoms with Crippen LogP contribution >= 0.6 is 22.9 Å². The number of aryl methyl sites for hydroxylation is 1. The second kappa shape index (κ2) is 9.76. The Balaban J connectivity index is 1.37. The van der Waals surface area contributed by atoms with Gasteiger partial charge in [-0.1, -0.05) is 35.9 Å². The van der Waals surface area contributed by atoms with E-state index >= 15 is 0 Å². The Morgan fingerprint density at radius 1 is 1.12 bits per heavy atom. The monoisotopic (exact) mass is 465 g/mol. The van der Waals surface area contributed by atoms with Crippen LogP contribution < -0.4 is 10.6 Å². The lowest BCUT2D eigenvalue weighted by Crippen LogP contribution is -2.23. The number of rotatable bonds is 7. The second-order valence-corrected chi connectivity index (χ2v) is 8.51. The van der Waals surface area contributed by atoms with E-state index in [4.69, 9.17) is 11.6 Å². The molecule has 0 unspecified atom stereocenters. The maximum absolute atomic E-state index is 12.7. The van der Waals surface area contributed by atoms with Crippen LogP contribution in [-0.4, -0.2) is 26.6 Å². The summed E-state index contributed by atoms with van der Waals surface area (Å²) in [5.74, 6) is -0.363. The Bertz CT molecular complexity index is 1240. The fourth-order valence-corrected chi connectivity index (χ4v) is 4.20. The molecule has 0 saturated heterocycles. The average Bonchev–Trinajstić information content (AvgIpc) is 3.42. The summed E-state index contributed by atoms with van der Waals surface area (Å²) in [4.78, 5) is 30.0. The molecule has 32 heavy (non-hydrogen) atoms. The molecule has 0 aliphatic heterocycles. The summed E-state index contributed by atoms with van der Waals surface area (Å²) in [6.07, 6.45) is 3.35. The number of halogens is 1. The predicted octanol–water partition coefficient (Wildman–Crippen LogP) is 4.54. The van der Waals surface area contributed by atoms with Crippen molar-refractivity contribution in [3.8, 4) is 10.6 Å². The molecular formula is C23H20ClN5O2S. The Kier molecular flexibility index (Phi) is 6.63. The maximum atomic E-state index is 12.7. The number of hydrogen-bond donors (Lipinski definition) is 2. The molecule has 0 aliphatic carbocycles. The van der Waals surface area contributed by atoms with E-state index in [1.807, 2.05) is 37.3 Å². The Morgan fingerprint density at radius 2 is 1.94 bits per heavy atom. The van der Waals surface area contributed by atoms with E-state index < -0.39 is 0 Å². The summed E-state index contributed by atoms with van der Waals surface area (Å²) in [7, 11) is 0. The summed E-state index contributed by atoms with van der Waals surface area (Å²) in [6.45, 7) is 2.28. The minimum atomic E-state index is -0.187. The predicted molar refractivity (Wildman–Crippen MR) is 126 cm³/mol. The van der Waals surface area contributed by atoms with E-state index in [-0.39, 0.29) is 18.4 Å². The number of benzene rings is 2. The number of nitrogens with zero attached hydrogens (tertiary/aromatic N) is 3. The van der Waals surface area contributed by atoms with E-state index in [1.54, 1.807) is 41.3 Å². The van der Waals surface area contributed by atoms with Crippen LogP contribution in [0, 0.1) is 6.92 Å². The first-order chi connectivity index (χ1) is 15.5. The summed E-state index contributed by atoms with van der Waals surface area (Å²) >= 11 is 7.29. The molecule has 0 bridgehead atoms. The number of amides is 2. The van der Waals surface area contributed by atoms with E-state index in [0.717, 1.165) is 16.1 Å². The Morgan fingerprint density at radius 3 is 2.69 bits per heavy atom. The fraction of sp³-hybridized carbons (Fsp3) is 0.130. The zero-order valence-electron chi connectivity index (χ0n) is 17.2. The van der Waals surface area contributed by atoms with Crippen molar-refractivity contribution in [1.82, 2.24) is 20.1 Å². The Hall–Kier alpha value is -3.49. The van der Waals surface area contributed by atoms with Gasteiger partial charge in [0, 0.05) is 35.2 Å². The van der Waals surface area contributed by atoms with Gasteiger partial charge in [-0.05, 0) is 42.8 Å². The van der Waals surface area contributed by atoms with Crippen molar-refractivity contribution in [2.24, 2.45) is 0 Å². The van der Waals surface area contributed by atoms with Gasteiger partial charge in [0.1, 0.15) is 16.4 Å². The van der Waals surface area contributed by atoms with Crippen molar-refractivity contribution in [2.45, 2.75) is 20.0 Å². The van der Waals surface area contributed by atoms with E-state index in [0.29, 0.717) is 27.8 Å². The molecule has 2 heterocycles. The fourth-order valence-electron chi connectivity index (χ4n) is 3.09. The van der Waals surface area contributed by atoms with Crippen LogP contribution in [0.3, 0.4) is 0 Å². The molecule has 2 aromatic heterocycles. The van der Waals surface area contributed by atoms with Crippen LogP contribution in [0.5, 0.6) is 0 Å². The number of carbonyl (C=O) groups excluding carboxylic acids is 2. The number of hydrogen-bond acceptors (Lipinski definition) is 5. The van der Waals surface area contributed by atoms with Gasteiger partial charge in [0.25, 0.3) is 5.91 Å². The molecule has 0 aliphatic rings. The van der Waals surface area contributed by atoms with Crippen molar-refractivity contribution < 1.29 is 9.59 Å². The highest BCUT2D eigenvalue weighted by Gasteiger charge is 2.16. The van der Waals surface area contributed by atoms with Gasteiger partial charge in [-0.2, -0.15) is 5.10 Å². The van der Waals surface area contributed by atoms with Crippen LogP contribution in [-0.2, 0) is 17.9 Å². The number of anilines is 1. The molecule has 2 amide bonds. The van der Waals surface area contributed by atoms with Gasteiger partial charge in [0.05, 0.1) is 5.69 Å². The van der Waals surface area contributed by atoms with Gasteiger partial charge in [-0.25, -0.2) is 4.98 Å². The number of carbonyl (C=O) groups is 2. The molecule has 2 aromatic carbocycles. The SMILES string of the molecule is Cc1nc(-c2ccc(Cl)cc2)sc1C(=O)NCc1cccc(NC(=O)Cn2cccn2)c1. The largest absolute Gasteiger partial charge is 0.347 e. The molecule has 0 atom stereocenters. The van der Waals surface area contributed by atoms with Crippen molar-refractivity contribution in [1.29, 1.82) is 0 Å². The molecular weight excluding hydrogens is 446 g/mol. The van der Waals surface area contributed by atoms with Crippen molar-refractivity contribution in [3.63, 3.8) is 0 Å². The first-order valence-corrected chi connectivity index (χ1v) is 11.0. The van der Waals surface area contributed by atoms with Gasteiger partial charge < -0.3 is 10.6 Å². The highest BCUT2D eigenvalue weighted by Crippen LogP contribution is 2.28. The molecule has 0 saturated carbocycles. The zero-order chi connectivity index (χ0) is 22.5. The van der Waals surface area contributed by atoms with Gasteiger partial charge >= 0.3 is 0 Å². The highest BCUT2D eigenvalue weighted by atomic mass is 35.5. The van der Waals surface area contributed by atoms with Crippen LogP contribution in [0.15, 0.2) is 67.0 Å². The second-order valence-electron chi connectivity index (χ2n) is 7.08. The molecule has 9 heteroatoms. The summed E-state index contributed by atoms with van der Waals surface area (Å²) in [5, 5.41) is 11.2. The van der Waals surface area contributed by atoms with Gasteiger partial charge in [-0.15, -0.1) is 11.3 Å². The van der Waals surface area contributed by atoms with E-state index in [9.17, 15) is 9.59 Å². The quantitative estimate of drug-likeness (QED) is 0.419. The lowest BCUT2D eigenvalue weighted by atomic mass is 10.2. The highest BCUT2D eigenvalue weighted by molar-refractivity contribution is 7.17. The molecule has 4 rings (SSSR count). The molecule has 162 valence electrons. The van der Waals surface area contributed by atoms with E-state index in [1.165, 1.54) is 11.3 Å². The molecule has 7 nitrogen and oxygen atoms in total. The smallest absolute Gasteiger partial charge is 0.263 e. The van der Waals surface area contributed by atoms with Crippen LogP contribution in [0.4, 0.5) is 5.69 Å². The summed E-state index contributed by atoms with van der Waals surface area (Å²) < 4.78 is 1.55. The number of aromatic nitrogens is 3. The summed E-state index contributed by atoms with van der Waals surface area (Å²) in [5.41, 5.74) is 3.13. The molecule has 0 spiro atoms. The average molecular weight is 466 g/mol. The maximum Gasteiger partial charge on any atom is 0.263 e. The zero-order valence-corrected chi connectivity index (χ0v) is 18.8. The lowest BCUT2D eigenvalue weighted by Gasteiger charge is -2.09. The Labute approximate surface area is 194 Å². The van der Waals surface area contributed by atoms with E-state index in [2.05, 4.69) is 20.7 Å². The van der Waals surface area contributed by atoms with Gasteiger partial charge in [0.15, 0.2) is 0 Å². The third kappa shape index (κ3) is 5.40. The van der Waals surface area contributed by atoms with Crippen molar-refractivity contribution in [2.75, 3.05) is 5.32 Å². The number of nitrogens with one attached hydrogen (secondary N) is 2. The number of thiazole rings is 1. The summed E-state index contributed by atoms with van der Waals surface area (Å²) in [6, 6.07) is 16.5. The first kappa shape index (κ1) is 21.7. The van der Waals surface area contributed by atoms with Crippen molar-refractivity contribution >= 4 is 40.4 Å². The van der Waals surface area contributed by atoms with Crippen molar-refractivity contribution in [3.05, 3.63) is 88.1 Å². The normalized spacial score (nSPS) is 10.7. The first-order valence-electron chi connectivity index (χ1n) is 9.86. The molecule has 4 aromatic rings. The van der Waals surface area contributed by atoms with Crippen LogP contribution in [0.1, 0.15) is 20.9 Å². The standard InChI is InChI=1S/C23H20ClN5O2S/c1-15-21(32-23(27-15)17-6-8-18(24)9-7-17)22(31)25-13-16-4-2-5-19(12-16)28-20(30)14-29-11-3-10-26-29/h2-12H,13-14H2,1H3,(H,25,31)(H,28,30). The molecule has 0 fully saturated rings. The van der Waals surface area contributed by atoms with Gasteiger partial charge in [0.2, 0.25) is 5.91 Å². The minimum Gasteiger partial charge on any atom is -0.347 e. The van der Waals surface area contributed by atoms with Gasteiger partial charge in [-0.3, -0.25) is 14.3 Å². The van der Waals surface area contributed by atoms with Crippen LogP contribution in [0.2, 0.25) is 5.02 Å². The third-order valence-electron chi connectivity index (χ3n) is 4.62.